The summed E-state index contributed by atoms with van der Waals surface area (Å²) in [7, 11) is 0. The zero-order valence-electron chi connectivity index (χ0n) is 40.5. The third-order valence-corrected chi connectivity index (χ3v) is 14.0. The standard InChI is InChI=1S/C55H68N8O4S/c1-39(42-16-10-7-11-17-42)56-50(64)36-61-28-26-60(35-46-23-24-47-53(67)48-34-45(55(4,5)6)22-25-49(48)68-54(47)59-46)27-29-62(37-51(65)57-40(2)43-18-12-8-13-19-43)31-33-63(32-30-61)38-52(66)58-41(3)44-20-14-9-15-21-44/h7-25,34,39-41H,26-33,35-38H2,1-6H3,(H,56,64)(H,57,65)(H,58,66)/t39-,40-,41-/m0/s1. The molecule has 13 heteroatoms. The quantitative estimate of drug-likeness (QED) is 0.0954. The Morgan fingerprint density at radius 2 is 0.941 bits per heavy atom. The molecule has 358 valence electrons. The first-order valence-corrected chi connectivity index (χ1v) is 24.8. The van der Waals surface area contributed by atoms with Crippen molar-refractivity contribution in [1.29, 1.82) is 0 Å². The molecule has 1 aliphatic rings. The minimum Gasteiger partial charge on any atom is -0.348 e. The van der Waals surface area contributed by atoms with Crippen molar-refractivity contribution >= 4 is 49.4 Å². The van der Waals surface area contributed by atoms with Gasteiger partial charge in [-0.1, -0.05) is 118 Å². The van der Waals surface area contributed by atoms with Crippen LogP contribution in [-0.4, -0.2) is 114 Å². The largest absolute Gasteiger partial charge is 0.348 e. The summed E-state index contributed by atoms with van der Waals surface area (Å²) < 4.78 is 0.912. The second-order valence-corrected chi connectivity index (χ2v) is 20.3. The number of hydrogen-bond donors (Lipinski definition) is 3. The maximum atomic E-state index is 13.9. The van der Waals surface area contributed by atoms with Crippen LogP contribution in [0.5, 0.6) is 0 Å². The minimum absolute atomic E-state index is 0.00607. The highest BCUT2D eigenvalue weighted by molar-refractivity contribution is 7.24. The van der Waals surface area contributed by atoms with Crippen LogP contribution in [0.4, 0.5) is 0 Å². The van der Waals surface area contributed by atoms with E-state index in [-0.39, 0.29) is 66.3 Å². The van der Waals surface area contributed by atoms with Crippen molar-refractivity contribution in [1.82, 2.24) is 40.5 Å². The fraction of sp³-hybridized carbons (Fsp3) is 0.400. The molecule has 2 aromatic heterocycles. The molecule has 1 saturated heterocycles. The summed E-state index contributed by atoms with van der Waals surface area (Å²) in [6.45, 7) is 18.1. The normalized spacial score (nSPS) is 16.6. The molecule has 0 bridgehead atoms. The fourth-order valence-corrected chi connectivity index (χ4v) is 9.76. The van der Waals surface area contributed by atoms with Crippen LogP contribution in [0.25, 0.3) is 20.3 Å². The molecule has 0 radical (unpaired) electrons. The molecule has 3 amide bonds. The second kappa shape index (κ2) is 23.5. The molecule has 0 spiro atoms. The van der Waals surface area contributed by atoms with E-state index >= 15 is 0 Å². The summed E-state index contributed by atoms with van der Waals surface area (Å²) in [5.74, 6) is -0.233. The van der Waals surface area contributed by atoms with Gasteiger partial charge in [0, 0.05) is 69.0 Å². The van der Waals surface area contributed by atoms with Gasteiger partial charge in [-0.2, -0.15) is 0 Å². The van der Waals surface area contributed by atoms with E-state index in [4.69, 9.17) is 4.98 Å². The topological polar surface area (TPSA) is 130 Å². The molecule has 4 aromatic carbocycles. The second-order valence-electron chi connectivity index (χ2n) is 19.3. The average molecular weight is 937 g/mol. The summed E-state index contributed by atoms with van der Waals surface area (Å²) in [4.78, 5) is 69.7. The number of carbonyl (C=O) groups excluding carboxylic acids is 3. The van der Waals surface area contributed by atoms with E-state index in [2.05, 4.69) is 62.4 Å². The molecule has 12 nitrogen and oxygen atoms in total. The molecule has 0 saturated carbocycles. The van der Waals surface area contributed by atoms with Crippen molar-refractivity contribution in [2.75, 3.05) is 72.0 Å². The van der Waals surface area contributed by atoms with Crippen LogP contribution in [0.1, 0.15) is 87.6 Å². The monoisotopic (exact) mass is 937 g/mol. The van der Waals surface area contributed by atoms with Gasteiger partial charge in [0.2, 0.25) is 17.7 Å². The Kier molecular flexibility index (Phi) is 17.3. The Labute approximate surface area is 405 Å². The number of pyridine rings is 1. The van der Waals surface area contributed by atoms with E-state index in [1.807, 2.05) is 136 Å². The fourth-order valence-electron chi connectivity index (χ4n) is 8.72. The van der Waals surface area contributed by atoms with E-state index in [0.29, 0.717) is 69.1 Å². The number of hydrogen-bond acceptors (Lipinski definition) is 10. The van der Waals surface area contributed by atoms with Gasteiger partial charge in [-0.3, -0.25) is 38.8 Å². The highest BCUT2D eigenvalue weighted by Gasteiger charge is 2.24. The number of aromatic nitrogens is 1. The summed E-state index contributed by atoms with van der Waals surface area (Å²) in [6, 6.07) is 39.4. The predicted octanol–water partition coefficient (Wildman–Crippen LogP) is 7.46. The lowest BCUT2D eigenvalue weighted by Crippen LogP contribution is -2.50. The molecule has 7 rings (SSSR count). The number of amides is 3. The number of nitrogens with zero attached hydrogens (tertiary/aromatic N) is 5. The van der Waals surface area contributed by atoms with Crippen LogP contribution in [0, 0.1) is 0 Å². The van der Waals surface area contributed by atoms with Gasteiger partial charge in [0.05, 0.1) is 48.8 Å². The van der Waals surface area contributed by atoms with Crippen molar-refractivity contribution in [2.45, 2.75) is 71.6 Å². The van der Waals surface area contributed by atoms with Crippen LogP contribution >= 0.6 is 11.3 Å². The van der Waals surface area contributed by atoms with Crippen molar-refractivity contribution in [3.05, 3.63) is 159 Å². The van der Waals surface area contributed by atoms with Crippen LogP contribution in [0.2, 0.25) is 0 Å². The van der Waals surface area contributed by atoms with Gasteiger partial charge in [0.1, 0.15) is 4.83 Å². The van der Waals surface area contributed by atoms with Crippen LogP contribution in [0.3, 0.4) is 0 Å². The number of carbonyl (C=O) groups is 3. The Morgan fingerprint density at radius 1 is 0.544 bits per heavy atom. The molecule has 3 heterocycles. The van der Waals surface area contributed by atoms with E-state index < -0.39 is 0 Å². The van der Waals surface area contributed by atoms with Gasteiger partial charge >= 0.3 is 0 Å². The first kappa shape index (κ1) is 50.1. The Morgan fingerprint density at radius 3 is 1.34 bits per heavy atom. The highest BCUT2D eigenvalue weighted by Crippen LogP contribution is 2.29. The van der Waals surface area contributed by atoms with Crippen LogP contribution < -0.4 is 21.4 Å². The molecular formula is C55H68N8O4S. The molecule has 0 unspecified atom stereocenters. The SMILES string of the molecule is C[C@H](NC(=O)CN1CCN(CC(=O)N[C@@H](C)c2ccccc2)CCN(Cc2ccc3c(=O)c4cc(C(C)(C)C)ccc4sc3n2)CCN(CC(=O)N[C@@H](C)c2ccccc2)CC1)c1ccccc1. The zero-order chi connectivity index (χ0) is 48.2. The van der Waals surface area contributed by atoms with E-state index in [1.54, 1.807) is 0 Å². The smallest absolute Gasteiger partial charge is 0.234 e. The average Bonchev–Trinajstić information content (AvgIpc) is 3.32. The number of nitrogens with one attached hydrogen (secondary N) is 3. The summed E-state index contributed by atoms with van der Waals surface area (Å²) in [5, 5.41) is 10.9. The van der Waals surface area contributed by atoms with Crippen molar-refractivity contribution < 1.29 is 14.4 Å². The van der Waals surface area contributed by atoms with Gasteiger partial charge in [-0.05, 0) is 72.7 Å². The molecule has 68 heavy (non-hydrogen) atoms. The maximum Gasteiger partial charge on any atom is 0.234 e. The predicted molar refractivity (Wildman–Crippen MR) is 276 cm³/mol. The summed E-state index contributed by atoms with van der Waals surface area (Å²) in [5.41, 5.74) is 4.97. The van der Waals surface area contributed by atoms with Gasteiger partial charge in [-0.15, -0.1) is 11.3 Å². The van der Waals surface area contributed by atoms with Crippen molar-refractivity contribution in [3.8, 4) is 0 Å². The van der Waals surface area contributed by atoms with Crippen LogP contribution in [-0.2, 0) is 26.3 Å². The molecule has 0 aliphatic carbocycles. The molecule has 1 fully saturated rings. The molecule has 3 N–H and O–H groups in total. The summed E-state index contributed by atoms with van der Waals surface area (Å²) in [6.07, 6.45) is 0. The Bertz CT molecular complexity index is 2600. The lowest BCUT2D eigenvalue weighted by molar-refractivity contribution is -0.125. The third-order valence-electron chi connectivity index (χ3n) is 12.9. The van der Waals surface area contributed by atoms with Gasteiger partial charge < -0.3 is 16.0 Å². The Balaban J connectivity index is 1.13. The lowest BCUT2D eigenvalue weighted by atomic mass is 9.86. The van der Waals surface area contributed by atoms with Gasteiger partial charge in [0.25, 0.3) is 0 Å². The van der Waals surface area contributed by atoms with E-state index in [1.165, 1.54) is 11.3 Å². The van der Waals surface area contributed by atoms with Gasteiger partial charge in [-0.25, -0.2) is 4.98 Å². The Hall–Kier alpha value is -5.83. The molecule has 3 atom stereocenters. The summed E-state index contributed by atoms with van der Waals surface area (Å²) >= 11 is 1.54. The number of rotatable bonds is 14. The minimum atomic E-state index is -0.165. The van der Waals surface area contributed by atoms with Crippen molar-refractivity contribution in [3.63, 3.8) is 0 Å². The highest BCUT2D eigenvalue weighted by atomic mass is 32.1. The number of fused-ring (bicyclic) bond motifs is 2. The third kappa shape index (κ3) is 14.1. The number of benzene rings is 4. The first-order valence-electron chi connectivity index (χ1n) is 24.0. The lowest BCUT2D eigenvalue weighted by Gasteiger charge is -2.34. The van der Waals surface area contributed by atoms with Crippen LogP contribution in [0.15, 0.2) is 126 Å². The first-order chi connectivity index (χ1) is 32.7. The molecule has 1 aliphatic heterocycles. The zero-order valence-corrected chi connectivity index (χ0v) is 41.4. The molecule has 6 aromatic rings. The van der Waals surface area contributed by atoms with E-state index in [0.717, 1.165) is 38.0 Å². The maximum absolute atomic E-state index is 13.9. The van der Waals surface area contributed by atoms with Gasteiger partial charge in [0.15, 0.2) is 5.43 Å². The van der Waals surface area contributed by atoms with Crippen molar-refractivity contribution in [2.24, 2.45) is 0 Å². The molecular weight excluding hydrogens is 869 g/mol. The van der Waals surface area contributed by atoms with E-state index in [9.17, 15) is 19.2 Å².